The predicted molar refractivity (Wildman–Crippen MR) is 65.0 cm³/mol. The van der Waals surface area contributed by atoms with Crippen LogP contribution in [0.4, 0.5) is 5.69 Å². The summed E-state index contributed by atoms with van der Waals surface area (Å²) in [6, 6.07) is 7.25. The summed E-state index contributed by atoms with van der Waals surface area (Å²) in [4.78, 5) is 21.5. The third-order valence-corrected chi connectivity index (χ3v) is 2.17. The first-order valence-electron chi connectivity index (χ1n) is 5.26. The maximum Gasteiger partial charge on any atom is 0.322 e. The van der Waals surface area contributed by atoms with E-state index in [0.717, 1.165) is 5.56 Å². The van der Waals surface area contributed by atoms with E-state index in [1.165, 1.54) is 0 Å². The van der Waals surface area contributed by atoms with Crippen molar-refractivity contribution in [2.24, 2.45) is 0 Å². The molecular weight excluding hydrogens is 234 g/mol. The Morgan fingerprint density at radius 1 is 1.39 bits per heavy atom. The number of nitriles is 1. The van der Waals surface area contributed by atoms with Gasteiger partial charge in [-0.25, -0.2) is 0 Å². The number of carboxylic acid groups (broad SMARTS) is 1. The van der Waals surface area contributed by atoms with Gasteiger partial charge in [-0.2, -0.15) is 5.26 Å². The first-order valence-corrected chi connectivity index (χ1v) is 5.26. The SMILES string of the molecule is Cc1ccc(NCC(=O)NCC(=O)O)c(C#N)c1. The molecule has 0 saturated heterocycles. The first-order chi connectivity index (χ1) is 8.52. The predicted octanol–water partition coefficient (Wildman–Crippen LogP) is 0.479. The molecule has 0 aliphatic carbocycles. The van der Waals surface area contributed by atoms with Crippen molar-refractivity contribution in [1.29, 1.82) is 5.26 Å². The van der Waals surface area contributed by atoms with Crippen LogP contribution in [0.1, 0.15) is 11.1 Å². The van der Waals surface area contributed by atoms with Crippen LogP contribution in [0.2, 0.25) is 0 Å². The van der Waals surface area contributed by atoms with Crippen molar-refractivity contribution < 1.29 is 14.7 Å². The Balaban J connectivity index is 2.56. The molecule has 1 amide bonds. The number of rotatable bonds is 5. The highest BCUT2D eigenvalue weighted by Gasteiger charge is 2.06. The Bertz CT molecular complexity index is 506. The molecule has 0 heterocycles. The Morgan fingerprint density at radius 3 is 2.72 bits per heavy atom. The number of hydrogen-bond donors (Lipinski definition) is 3. The van der Waals surface area contributed by atoms with E-state index in [9.17, 15) is 9.59 Å². The molecule has 0 bridgehead atoms. The summed E-state index contributed by atoms with van der Waals surface area (Å²) >= 11 is 0. The van der Waals surface area contributed by atoms with Crippen molar-refractivity contribution in [3.05, 3.63) is 29.3 Å². The van der Waals surface area contributed by atoms with E-state index in [-0.39, 0.29) is 6.54 Å². The average Bonchev–Trinajstić information content (AvgIpc) is 2.34. The molecule has 1 rings (SSSR count). The zero-order chi connectivity index (χ0) is 13.5. The Kier molecular flexibility index (Phi) is 4.69. The summed E-state index contributed by atoms with van der Waals surface area (Å²) < 4.78 is 0. The van der Waals surface area contributed by atoms with Crippen LogP contribution in [-0.4, -0.2) is 30.1 Å². The number of carboxylic acids is 1. The maximum atomic E-state index is 11.3. The molecule has 94 valence electrons. The second kappa shape index (κ2) is 6.25. The second-order valence-electron chi connectivity index (χ2n) is 3.68. The van der Waals surface area contributed by atoms with Gasteiger partial charge >= 0.3 is 5.97 Å². The second-order valence-corrected chi connectivity index (χ2v) is 3.68. The summed E-state index contributed by atoms with van der Waals surface area (Å²) in [5.41, 5.74) is 1.95. The van der Waals surface area contributed by atoms with Crippen LogP contribution in [0.5, 0.6) is 0 Å². The van der Waals surface area contributed by atoms with Gasteiger partial charge in [0.1, 0.15) is 12.6 Å². The lowest BCUT2D eigenvalue weighted by molar-refractivity contribution is -0.137. The highest BCUT2D eigenvalue weighted by Crippen LogP contribution is 2.15. The molecule has 0 saturated carbocycles. The fraction of sp³-hybridized carbons (Fsp3) is 0.250. The molecule has 0 unspecified atom stereocenters. The van der Waals surface area contributed by atoms with Crippen molar-refractivity contribution in [3.8, 4) is 6.07 Å². The van der Waals surface area contributed by atoms with E-state index in [4.69, 9.17) is 10.4 Å². The number of nitrogens with zero attached hydrogens (tertiary/aromatic N) is 1. The fourth-order valence-electron chi connectivity index (χ4n) is 1.32. The van der Waals surface area contributed by atoms with Crippen LogP contribution in [0.25, 0.3) is 0 Å². The molecule has 18 heavy (non-hydrogen) atoms. The zero-order valence-corrected chi connectivity index (χ0v) is 9.86. The van der Waals surface area contributed by atoms with Crippen molar-refractivity contribution in [3.63, 3.8) is 0 Å². The molecular formula is C12H13N3O3. The molecule has 0 aliphatic heterocycles. The smallest absolute Gasteiger partial charge is 0.322 e. The summed E-state index contributed by atoms with van der Waals surface area (Å²) in [7, 11) is 0. The normalized spacial score (nSPS) is 9.33. The molecule has 0 atom stereocenters. The topological polar surface area (TPSA) is 102 Å². The van der Waals surface area contributed by atoms with E-state index in [1.54, 1.807) is 12.1 Å². The third-order valence-electron chi connectivity index (χ3n) is 2.17. The van der Waals surface area contributed by atoms with Gasteiger partial charge in [0.05, 0.1) is 17.8 Å². The van der Waals surface area contributed by atoms with Gasteiger partial charge in [0, 0.05) is 0 Å². The van der Waals surface area contributed by atoms with Gasteiger partial charge in [0.25, 0.3) is 0 Å². The number of hydrogen-bond acceptors (Lipinski definition) is 4. The van der Waals surface area contributed by atoms with Gasteiger partial charge in [0.15, 0.2) is 0 Å². The largest absolute Gasteiger partial charge is 0.480 e. The molecule has 0 radical (unpaired) electrons. The lowest BCUT2D eigenvalue weighted by Crippen LogP contribution is -2.33. The van der Waals surface area contributed by atoms with E-state index >= 15 is 0 Å². The van der Waals surface area contributed by atoms with Gasteiger partial charge in [-0.15, -0.1) is 0 Å². The van der Waals surface area contributed by atoms with Gasteiger partial charge in [-0.1, -0.05) is 6.07 Å². The van der Waals surface area contributed by atoms with Gasteiger partial charge in [-0.05, 0) is 24.6 Å². The highest BCUT2D eigenvalue weighted by molar-refractivity contribution is 5.84. The zero-order valence-electron chi connectivity index (χ0n) is 9.86. The number of amides is 1. The van der Waals surface area contributed by atoms with Crippen LogP contribution in [0.3, 0.4) is 0 Å². The van der Waals surface area contributed by atoms with Crippen molar-refractivity contribution in [1.82, 2.24) is 5.32 Å². The average molecular weight is 247 g/mol. The lowest BCUT2D eigenvalue weighted by atomic mass is 10.1. The van der Waals surface area contributed by atoms with Gasteiger partial charge < -0.3 is 15.7 Å². The number of aliphatic carboxylic acids is 1. The number of anilines is 1. The van der Waals surface area contributed by atoms with Crippen molar-refractivity contribution >= 4 is 17.6 Å². The van der Waals surface area contributed by atoms with E-state index < -0.39 is 18.4 Å². The van der Waals surface area contributed by atoms with E-state index in [0.29, 0.717) is 11.3 Å². The van der Waals surface area contributed by atoms with E-state index in [2.05, 4.69) is 10.6 Å². The Labute approximate surface area is 104 Å². The molecule has 6 heteroatoms. The molecule has 0 fully saturated rings. The summed E-state index contributed by atoms with van der Waals surface area (Å²) in [6.45, 7) is 1.37. The van der Waals surface area contributed by atoms with Crippen molar-refractivity contribution in [2.75, 3.05) is 18.4 Å². The molecule has 6 nitrogen and oxygen atoms in total. The maximum absolute atomic E-state index is 11.3. The van der Waals surface area contributed by atoms with Crippen LogP contribution in [0.15, 0.2) is 18.2 Å². The monoisotopic (exact) mass is 247 g/mol. The highest BCUT2D eigenvalue weighted by atomic mass is 16.4. The Morgan fingerprint density at radius 2 is 2.11 bits per heavy atom. The van der Waals surface area contributed by atoms with Crippen LogP contribution in [-0.2, 0) is 9.59 Å². The number of carbonyl (C=O) groups excluding carboxylic acids is 1. The summed E-state index contributed by atoms with van der Waals surface area (Å²) in [5, 5.41) is 22.3. The van der Waals surface area contributed by atoms with Crippen LogP contribution < -0.4 is 10.6 Å². The molecule has 0 aromatic heterocycles. The molecule has 3 N–H and O–H groups in total. The minimum atomic E-state index is -1.10. The molecule has 1 aromatic carbocycles. The van der Waals surface area contributed by atoms with Crippen LogP contribution >= 0.6 is 0 Å². The first kappa shape index (κ1) is 13.5. The molecule has 0 aliphatic rings. The third kappa shape index (κ3) is 4.14. The number of aryl methyl sites for hydroxylation is 1. The quantitative estimate of drug-likeness (QED) is 0.702. The summed E-state index contributed by atoms with van der Waals surface area (Å²) in [5.74, 6) is -1.54. The van der Waals surface area contributed by atoms with Gasteiger partial charge in [0.2, 0.25) is 5.91 Å². The number of carbonyl (C=O) groups is 2. The minimum Gasteiger partial charge on any atom is -0.480 e. The lowest BCUT2D eigenvalue weighted by Gasteiger charge is -2.08. The number of benzene rings is 1. The molecule has 0 spiro atoms. The van der Waals surface area contributed by atoms with Crippen molar-refractivity contribution in [2.45, 2.75) is 6.92 Å². The summed E-state index contributed by atoms with van der Waals surface area (Å²) in [6.07, 6.45) is 0. The Hall–Kier alpha value is -2.55. The fourth-order valence-corrected chi connectivity index (χ4v) is 1.32. The van der Waals surface area contributed by atoms with Gasteiger partial charge in [-0.3, -0.25) is 9.59 Å². The van der Waals surface area contributed by atoms with E-state index in [1.807, 2.05) is 19.1 Å². The number of nitrogens with one attached hydrogen (secondary N) is 2. The van der Waals surface area contributed by atoms with Crippen LogP contribution in [0, 0.1) is 18.3 Å². The molecule has 1 aromatic rings. The minimum absolute atomic E-state index is 0.0784. The standard InChI is InChI=1S/C12H13N3O3/c1-8-2-3-10(9(4-8)5-13)14-6-11(16)15-7-12(17)18/h2-4,14H,6-7H2,1H3,(H,15,16)(H,17,18).